The van der Waals surface area contributed by atoms with Gasteiger partial charge < -0.3 is 34.2 Å². The van der Waals surface area contributed by atoms with Crippen molar-refractivity contribution in [3.05, 3.63) is 156 Å². The largest absolute Gasteiger partial charge is 0.459 e. The normalized spacial score (nSPS) is 21.3. The molecule has 6 atom stereocenters. The van der Waals surface area contributed by atoms with Crippen LogP contribution in [0.1, 0.15) is 139 Å². The Labute approximate surface area is 445 Å². The van der Waals surface area contributed by atoms with Crippen LogP contribution < -0.4 is 9.47 Å². The third kappa shape index (κ3) is 13.5. The number of carbonyl (C=O) groups excluding carboxylic acids is 1. The zero-order valence-electron chi connectivity index (χ0n) is 44.0. The molecule has 0 radical (unpaired) electrons. The van der Waals surface area contributed by atoms with E-state index in [1.165, 1.54) is 38.5 Å². The number of carbonyl (C=O) groups is 1. The Morgan fingerprint density at radius 2 is 1.51 bits per heavy atom. The zero-order valence-corrected chi connectivity index (χ0v) is 44.8. The molecule has 1 amide bonds. The van der Waals surface area contributed by atoms with Crippen molar-refractivity contribution in [2.24, 2.45) is 22.9 Å². The van der Waals surface area contributed by atoms with Crippen molar-refractivity contribution in [2.75, 3.05) is 26.1 Å². The highest BCUT2D eigenvalue weighted by Crippen LogP contribution is 2.62. The quantitative estimate of drug-likeness (QED) is 0.0203. The Balaban J connectivity index is 1.29. The van der Waals surface area contributed by atoms with E-state index < -0.39 is 17.7 Å². The van der Waals surface area contributed by atoms with Gasteiger partial charge in [-0.1, -0.05) is 161 Å². The van der Waals surface area contributed by atoms with Gasteiger partial charge in [-0.15, -0.1) is 18.3 Å². The maximum absolute atomic E-state index is 15.6. The van der Waals surface area contributed by atoms with Crippen LogP contribution in [0.4, 0.5) is 0 Å². The summed E-state index contributed by atoms with van der Waals surface area (Å²) in [6.07, 6.45) is 22.1. The monoisotopic (exact) mass is 1020 g/mol. The fraction of sp³-hybridized carbons (Fsp3) is 0.469. The number of benzene rings is 5. The molecule has 10 heteroatoms. The highest BCUT2D eigenvalue weighted by Gasteiger charge is 2.65. The van der Waals surface area contributed by atoms with Gasteiger partial charge in [0.1, 0.15) is 29.9 Å². The number of nitrogens with zero attached hydrogens (tertiary/aromatic N) is 2. The Bertz CT molecular complexity index is 2610. The summed E-state index contributed by atoms with van der Waals surface area (Å²) in [6.45, 7) is 7.48. The summed E-state index contributed by atoms with van der Waals surface area (Å²) in [7, 11) is 0. The van der Waals surface area contributed by atoms with Crippen LogP contribution in [0.5, 0.6) is 17.2 Å². The van der Waals surface area contributed by atoms with Crippen LogP contribution in [0, 0.1) is 17.8 Å². The van der Waals surface area contributed by atoms with Crippen molar-refractivity contribution in [1.82, 2.24) is 4.90 Å². The molecule has 394 valence electrons. The van der Waals surface area contributed by atoms with Crippen molar-refractivity contribution >= 4 is 34.2 Å². The lowest BCUT2D eigenvalue weighted by atomic mass is 9.55. The van der Waals surface area contributed by atoms with Crippen LogP contribution in [0.3, 0.4) is 0 Å². The van der Waals surface area contributed by atoms with E-state index >= 15 is 4.79 Å². The van der Waals surface area contributed by atoms with Gasteiger partial charge in [0, 0.05) is 49.0 Å². The molecule has 6 unspecified atom stereocenters. The molecule has 2 N–H and O–H groups in total. The molecule has 0 aromatic heterocycles. The van der Waals surface area contributed by atoms with Crippen LogP contribution in [0.15, 0.2) is 150 Å². The molecule has 0 spiro atoms. The standard InChI is InChI=1S/C64H80N2O7S/c1-4-6-7-8-9-10-11-12-16-32-61(69)66(45-50-29-23-28-48-26-17-18-30-54(48)50)60-44-58(65-71-46-47-24-14-13-15-25-47)56-42-49(27-19-21-39-67)55(31-20-22-40-68)62-57-43-52(72-51-33-36-53(74-3)37-34-51)35-38-59(57)73-64(60,63(56)62)70-41-5-2/h5,13-15,17-18,23-26,28-30,33-38,42-43,49,55,60,62-63,67-68H,2,4,6-12,16,19-22,27,31-32,39-41,44-46H2,1,3H3. The lowest BCUT2D eigenvalue weighted by molar-refractivity contribution is -0.258. The number of aliphatic hydroxyl groups is 2. The molecule has 5 aromatic carbocycles. The van der Waals surface area contributed by atoms with E-state index in [-0.39, 0.29) is 50.1 Å². The summed E-state index contributed by atoms with van der Waals surface area (Å²) >= 11 is 1.69. The molecule has 0 bridgehead atoms. The first-order valence-electron chi connectivity index (χ1n) is 27.7. The number of aliphatic hydroxyl groups excluding tert-OH is 2. The van der Waals surface area contributed by atoms with E-state index in [4.69, 9.17) is 24.2 Å². The van der Waals surface area contributed by atoms with Gasteiger partial charge in [-0.25, -0.2) is 0 Å². The van der Waals surface area contributed by atoms with Gasteiger partial charge in [0.15, 0.2) is 0 Å². The van der Waals surface area contributed by atoms with Gasteiger partial charge in [-0.2, -0.15) is 0 Å². The fourth-order valence-electron chi connectivity index (χ4n) is 12.0. The van der Waals surface area contributed by atoms with Gasteiger partial charge in [0.05, 0.1) is 18.2 Å². The summed E-state index contributed by atoms with van der Waals surface area (Å²) in [5.41, 5.74) is 4.87. The average Bonchev–Trinajstić information content (AvgIpc) is 3.43. The number of hydrogen-bond donors (Lipinski definition) is 2. The van der Waals surface area contributed by atoms with E-state index in [1.54, 1.807) is 17.8 Å². The predicted molar refractivity (Wildman–Crippen MR) is 301 cm³/mol. The number of thioether (sulfide) groups is 1. The first-order chi connectivity index (χ1) is 36.4. The van der Waals surface area contributed by atoms with Gasteiger partial charge in [-0.05, 0) is 120 Å². The average molecular weight is 1020 g/mol. The first-order valence-corrected chi connectivity index (χ1v) is 29.0. The molecule has 0 saturated heterocycles. The van der Waals surface area contributed by atoms with E-state index in [2.05, 4.69) is 91.4 Å². The second-order valence-electron chi connectivity index (χ2n) is 20.5. The number of allylic oxidation sites excluding steroid dienone is 1. The molecule has 74 heavy (non-hydrogen) atoms. The predicted octanol–water partition coefficient (Wildman–Crippen LogP) is 15.1. The minimum atomic E-state index is -1.38. The van der Waals surface area contributed by atoms with E-state index in [1.807, 2.05) is 54.6 Å². The topological polar surface area (TPSA) is 110 Å². The molecule has 3 aliphatic rings. The second-order valence-corrected chi connectivity index (χ2v) is 21.4. The molecule has 1 saturated carbocycles. The Kier molecular flexibility index (Phi) is 20.7. The van der Waals surface area contributed by atoms with E-state index in [0.717, 1.165) is 94.3 Å². The number of unbranched alkanes of at least 4 members (excludes halogenated alkanes) is 10. The second kappa shape index (κ2) is 27.9. The number of ether oxygens (including phenoxy) is 3. The number of hydrogen-bond acceptors (Lipinski definition) is 9. The third-order valence-corrected chi connectivity index (χ3v) is 16.3. The summed E-state index contributed by atoms with van der Waals surface area (Å²) in [5.74, 6) is 0.376. The van der Waals surface area contributed by atoms with Crippen molar-refractivity contribution < 1.29 is 34.1 Å². The SMILES string of the molecule is C=CCOC12Oc3ccc(Oc4ccc(SC)cc4)cc3C3C(CCCCO)C(CCCCO)C=C(C(=NOCc4ccccc4)CC1N(Cc1cccc4ccccc14)C(=O)CCCCCCCCCCC)C32. The zero-order chi connectivity index (χ0) is 51.5. The minimum Gasteiger partial charge on any atom is -0.459 e. The van der Waals surface area contributed by atoms with Crippen molar-refractivity contribution in [1.29, 1.82) is 0 Å². The lowest BCUT2D eigenvalue weighted by Gasteiger charge is -2.60. The molecule has 1 aliphatic heterocycles. The lowest BCUT2D eigenvalue weighted by Crippen LogP contribution is -2.70. The smallest absolute Gasteiger partial charge is 0.239 e. The van der Waals surface area contributed by atoms with Crippen molar-refractivity contribution in [3.8, 4) is 17.2 Å². The number of oxime groups is 1. The summed E-state index contributed by atoms with van der Waals surface area (Å²) in [5, 5.41) is 27.6. The Morgan fingerprint density at radius 1 is 0.811 bits per heavy atom. The molecular weight excluding hydrogens is 941 g/mol. The molecule has 8 rings (SSSR count). The summed E-state index contributed by atoms with van der Waals surface area (Å²) in [4.78, 5) is 25.3. The molecule has 2 aliphatic carbocycles. The Hall–Kier alpha value is -5.39. The molecular formula is C64H80N2O7S. The van der Waals surface area contributed by atoms with Crippen LogP contribution in [0.25, 0.3) is 10.8 Å². The summed E-state index contributed by atoms with van der Waals surface area (Å²) in [6, 6.07) is 38.6. The maximum Gasteiger partial charge on any atom is 0.239 e. The molecule has 5 aromatic rings. The molecule has 9 nitrogen and oxygen atoms in total. The van der Waals surface area contributed by atoms with E-state index in [9.17, 15) is 10.2 Å². The van der Waals surface area contributed by atoms with Gasteiger partial charge in [-0.3, -0.25) is 4.79 Å². The molecule has 1 heterocycles. The van der Waals surface area contributed by atoms with E-state index in [0.29, 0.717) is 43.7 Å². The highest BCUT2D eigenvalue weighted by molar-refractivity contribution is 7.98. The Morgan fingerprint density at radius 3 is 2.26 bits per heavy atom. The number of amides is 1. The van der Waals surface area contributed by atoms with Gasteiger partial charge in [0.2, 0.25) is 11.7 Å². The van der Waals surface area contributed by atoms with Crippen LogP contribution in [0.2, 0.25) is 0 Å². The van der Waals surface area contributed by atoms with Crippen molar-refractivity contribution in [3.63, 3.8) is 0 Å². The number of rotatable bonds is 30. The maximum atomic E-state index is 15.6. The van der Waals surface area contributed by atoms with Crippen LogP contribution >= 0.6 is 11.8 Å². The first kappa shape index (κ1) is 54.9. The molecule has 1 fully saturated rings. The van der Waals surface area contributed by atoms with Crippen molar-refractivity contribution in [2.45, 2.75) is 152 Å². The van der Waals surface area contributed by atoms with Gasteiger partial charge in [0.25, 0.3) is 0 Å². The van der Waals surface area contributed by atoms with Crippen LogP contribution in [-0.4, -0.2) is 64.6 Å². The highest BCUT2D eigenvalue weighted by atomic mass is 32.2. The number of fused-ring (bicyclic) bond motifs is 3. The minimum absolute atomic E-state index is 0.0591. The van der Waals surface area contributed by atoms with Gasteiger partial charge >= 0.3 is 0 Å². The summed E-state index contributed by atoms with van der Waals surface area (Å²) < 4.78 is 21.7. The fourth-order valence-corrected chi connectivity index (χ4v) is 12.4. The third-order valence-electron chi connectivity index (χ3n) is 15.6. The van der Waals surface area contributed by atoms with Crippen LogP contribution in [-0.2, 0) is 27.5 Å².